The molecule has 0 amide bonds. The second kappa shape index (κ2) is 9.81. The zero-order chi connectivity index (χ0) is 10.8. The summed E-state index contributed by atoms with van der Waals surface area (Å²) in [5.74, 6) is 1.28. The molecule has 0 aromatic rings. The van der Waals surface area contributed by atoms with Gasteiger partial charge in [-0.15, -0.1) is 0 Å². The molecule has 1 N–H and O–H groups in total. The highest BCUT2D eigenvalue weighted by Gasteiger charge is 2.07. The number of thioether (sulfide) groups is 1. The van der Waals surface area contributed by atoms with Crippen LogP contribution >= 0.6 is 11.8 Å². The molecule has 0 radical (unpaired) electrons. The lowest BCUT2D eigenvalue weighted by molar-refractivity contribution is 0.248. The molecule has 0 fully saturated rings. The van der Waals surface area contributed by atoms with E-state index >= 15 is 0 Å². The summed E-state index contributed by atoms with van der Waals surface area (Å²) in [4.78, 5) is 2.48. The number of rotatable bonds is 9. The fourth-order valence-electron chi connectivity index (χ4n) is 1.39. The predicted octanol–water partition coefficient (Wildman–Crippen LogP) is 2.06. The molecule has 0 rings (SSSR count). The number of unbranched alkanes of at least 4 members (excludes halogenated alkanes) is 1. The van der Waals surface area contributed by atoms with Gasteiger partial charge in [0.2, 0.25) is 0 Å². The summed E-state index contributed by atoms with van der Waals surface area (Å²) < 4.78 is 0. The maximum Gasteiger partial charge on any atom is 0.00717 e. The zero-order valence-corrected chi connectivity index (χ0v) is 11.0. The van der Waals surface area contributed by atoms with Crippen molar-refractivity contribution in [2.45, 2.75) is 32.2 Å². The summed E-state index contributed by atoms with van der Waals surface area (Å²) in [5, 5.41) is 3.18. The van der Waals surface area contributed by atoms with Crippen LogP contribution in [0.5, 0.6) is 0 Å². The Morgan fingerprint density at radius 2 is 2.07 bits per heavy atom. The molecule has 1 atom stereocenters. The molecule has 86 valence electrons. The van der Waals surface area contributed by atoms with E-state index in [1.807, 2.05) is 18.8 Å². The maximum atomic E-state index is 3.18. The van der Waals surface area contributed by atoms with Crippen LogP contribution in [-0.2, 0) is 0 Å². The van der Waals surface area contributed by atoms with Crippen LogP contribution in [0.2, 0.25) is 0 Å². The van der Waals surface area contributed by atoms with Crippen molar-refractivity contribution >= 4 is 11.8 Å². The predicted molar refractivity (Wildman–Crippen MR) is 68.3 cm³/mol. The number of hydrogen-bond acceptors (Lipinski definition) is 3. The molecule has 0 aliphatic carbocycles. The molecule has 3 heteroatoms. The van der Waals surface area contributed by atoms with Crippen LogP contribution in [0.3, 0.4) is 0 Å². The van der Waals surface area contributed by atoms with Crippen LogP contribution in [0.4, 0.5) is 0 Å². The number of hydrogen-bond donors (Lipinski definition) is 1. The van der Waals surface area contributed by atoms with Gasteiger partial charge in [0.1, 0.15) is 0 Å². The fraction of sp³-hybridized carbons (Fsp3) is 1.00. The molecule has 2 nitrogen and oxygen atoms in total. The third kappa shape index (κ3) is 7.65. The average molecular weight is 218 g/mol. The summed E-state index contributed by atoms with van der Waals surface area (Å²) in [5.41, 5.74) is 0. The Hall–Kier alpha value is 0.270. The van der Waals surface area contributed by atoms with Crippen molar-refractivity contribution < 1.29 is 0 Å². The topological polar surface area (TPSA) is 15.3 Å². The van der Waals surface area contributed by atoms with Crippen LogP contribution in [0.25, 0.3) is 0 Å². The molecule has 0 aromatic heterocycles. The molecule has 0 saturated heterocycles. The summed E-state index contributed by atoms with van der Waals surface area (Å²) in [6.45, 7) is 4.71. The third-order valence-corrected chi connectivity index (χ3v) is 3.32. The van der Waals surface area contributed by atoms with Crippen LogP contribution in [-0.4, -0.2) is 50.1 Å². The second-order valence-electron chi connectivity index (χ2n) is 3.92. The minimum Gasteiger partial charge on any atom is -0.320 e. The van der Waals surface area contributed by atoms with E-state index < -0.39 is 0 Å². The van der Waals surface area contributed by atoms with Gasteiger partial charge in [0.15, 0.2) is 0 Å². The van der Waals surface area contributed by atoms with Crippen molar-refractivity contribution in [2.24, 2.45) is 0 Å². The van der Waals surface area contributed by atoms with E-state index in [2.05, 4.69) is 30.4 Å². The minimum atomic E-state index is 0.733. The first-order valence-electron chi connectivity index (χ1n) is 5.56. The van der Waals surface area contributed by atoms with Crippen molar-refractivity contribution in [3.8, 4) is 0 Å². The largest absolute Gasteiger partial charge is 0.320 e. The Kier molecular flexibility index (Phi) is 10.0. The second-order valence-corrected chi connectivity index (χ2v) is 4.91. The van der Waals surface area contributed by atoms with E-state index in [4.69, 9.17) is 0 Å². The van der Waals surface area contributed by atoms with E-state index in [9.17, 15) is 0 Å². The highest BCUT2D eigenvalue weighted by atomic mass is 32.2. The highest BCUT2D eigenvalue weighted by Crippen LogP contribution is 2.06. The molecule has 0 aliphatic heterocycles. The summed E-state index contributed by atoms with van der Waals surface area (Å²) in [7, 11) is 4.26. The monoisotopic (exact) mass is 218 g/mol. The molecule has 0 aromatic carbocycles. The van der Waals surface area contributed by atoms with Gasteiger partial charge in [-0.3, -0.25) is 0 Å². The standard InChI is InChI=1S/C11H26N2S/c1-11(7-10-14-4)13(3)9-6-5-8-12-2/h11-12H,5-10H2,1-4H3. The summed E-state index contributed by atoms with van der Waals surface area (Å²) in [6, 6.07) is 0.733. The van der Waals surface area contributed by atoms with Gasteiger partial charge in [0.05, 0.1) is 0 Å². The van der Waals surface area contributed by atoms with E-state index in [1.165, 1.54) is 31.6 Å². The lowest BCUT2D eigenvalue weighted by Gasteiger charge is -2.24. The molecule has 14 heavy (non-hydrogen) atoms. The van der Waals surface area contributed by atoms with Gasteiger partial charge in [-0.05, 0) is 65.4 Å². The van der Waals surface area contributed by atoms with Crippen molar-refractivity contribution in [2.75, 3.05) is 39.2 Å². The van der Waals surface area contributed by atoms with Crippen LogP contribution in [0, 0.1) is 0 Å². The Morgan fingerprint density at radius 1 is 1.36 bits per heavy atom. The molecular formula is C11H26N2S. The summed E-state index contributed by atoms with van der Waals surface area (Å²) in [6.07, 6.45) is 6.08. The van der Waals surface area contributed by atoms with E-state index in [-0.39, 0.29) is 0 Å². The minimum absolute atomic E-state index is 0.733. The van der Waals surface area contributed by atoms with Gasteiger partial charge in [-0.1, -0.05) is 0 Å². The molecule has 1 unspecified atom stereocenters. The van der Waals surface area contributed by atoms with Crippen LogP contribution in [0.1, 0.15) is 26.2 Å². The lowest BCUT2D eigenvalue weighted by Crippen LogP contribution is -2.30. The first kappa shape index (κ1) is 14.3. The molecule has 0 spiro atoms. The molecule has 0 heterocycles. The SMILES string of the molecule is CNCCCCN(C)C(C)CCSC. The first-order chi connectivity index (χ1) is 6.72. The van der Waals surface area contributed by atoms with Gasteiger partial charge in [-0.2, -0.15) is 11.8 Å². The van der Waals surface area contributed by atoms with Crippen molar-refractivity contribution in [1.29, 1.82) is 0 Å². The third-order valence-electron chi connectivity index (χ3n) is 2.68. The van der Waals surface area contributed by atoms with Crippen molar-refractivity contribution in [3.05, 3.63) is 0 Å². The van der Waals surface area contributed by atoms with Gasteiger partial charge < -0.3 is 10.2 Å². The summed E-state index contributed by atoms with van der Waals surface area (Å²) >= 11 is 1.94. The molecular weight excluding hydrogens is 192 g/mol. The highest BCUT2D eigenvalue weighted by molar-refractivity contribution is 7.98. The fourth-order valence-corrected chi connectivity index (χ4v) is 1.97. The smallest absolute Gasteiger partial charge is 0.00717 e. The lowest BCUT2D eigenvalue weighted by atomic mass is 10.2. The first-order valence-corrected chi connectivity index (χ1v) is 6.95. The quantitative estimate of drug-likeness (QED) is 0.596. The van der Waals surface area contributed by atoms with E-state index in [0.29, 0.717) is 0 Å². The Bertz CT molecular complexity index is 120. The zero-order valence-electron chi connectivity index (χ0n) is 10.2. The van der Waals surface area contributed by atoms with Gasteiger partial charge >= 0.3 is 0 Å². The Balaban J connectivity index is 3.36. The van der Waals surface area contributed by atoms with Gasteiger partial charge in [0, 0.05) is 6.04 Å². The number of nitrogens with zero attached hydrogens (tertiary/aromatic N) is 1. The van der Waals surface area contributed by atoms with Gasteiger partial charge in [-0.25, -0.2) is 0 Å². The van der Waals surface area contributed by atoms with Crippen molar-refractivity contribution in [3.63, 3.8) is 0 Å². The molecule has 0 bridgehead atoms. The Labute approximate surface area is 93.8 Å². The van der Waals surface area contributed by atoms with E-state index in [0.717, 1.165) is 12.6 Å². The van der Waals surface area contributed by atoms with Crippen molar-refractivity contribution in [1.82, 2.24) is 10.2 Å². The molecule has 0 aliphatic rings. The van der Waals surface area contributed by atoms with Crippen LogP contribution in [0.15, 0.2) is 0 Å². The van der Waals surface area contributed by atoms with Crippen LogP contribution < -0.4 is 5.32 Å². The number of nitrogens with one attached hydrogen (secondary N) is 1. The van der Waals surface area contributed by atoms with Gasteiger partial charge in [0.25, 0.3) is 0 Å². The normalized spacial score (nSPS) is 13.5. The average Bonchev–Trinajstić information content (AvgIpc) is 2.20. The van der Waals surface area contributed by atoms with E-state index in [1.54, 1.807) is 0 Å². The Morgan fingerprint density at radius 3 is 2.64 bits per heavy atom. The maximum absolute atomic E-state index is 3.18. The molecule has 0 saturated carbocycles.